The number of rotatable bonds is 7. The molecule has 0 aromatic carbocycles. The second kappa shape index (κ2) is 7.79. The van der Waals surface area contributed by atoms with E-state index < -0.39 is 18.0 Å². The lowest BCUT2D eigenvalue weighted by molar-refractivity contribution is -0.153. The summed E-state index contributed by atoms with van der Waals surface area (Å²) in [6, 6.07) is 0. The van der Waals surface area contributed by atoms with Crippen LogP contribution in [-0.2, 0) is 19.1 Å². The topological polar surface area (TPSA) is 52.6 Å². The van der Waals surface area contributed by atoms with Gasteiger partial charge in [0.25, 0.3) is 0 Å². The van der Waals surface area contributed by atoms with Crippen molar-refractivity contribution in [3.63, 3.8) is 0 Å². The smallest absolute Gasteiger partial charge is 0.330 e. The van der Waals surface area contributed by atoms with Crippen molar-refractivity contribution < 1.29 is 19.1 Å². The van der Waals surface area contributed by atoms with Crippen LogP contribution in [-0.4, -0.2) is 24.6 Å². The fourth-order valence-corrected chi connectivity index (χ4v) is 0.945. The van der Waals surface area contributed by atoms with Crippen molar-refractivity contribution in [3.05, 3.63) is 25.3 Å². The summed E-state index contributed by atoms with van der Waals surface area (Å²) in [4.78, 5) is 21.7. The van der Waals surface area contributed by atoms with Crippen LogP contribution >= 0.6 is 0 Å². The number of carbonyl (C=O) groups excluding carboxylic acids is 2. The van der Waals surface area contributed by atoms with E-state index >= 15 is 0 Å². The molecule has 0 aromatic rings. The van der Waals surface area contributed by atoms with Gasteiger partial charge >= 0.3 is 11.9 Å². The van der Waals surface area contributed by atoms with Gasteiger partial charge in [-0.25, -0.2) is 9.59 Å². The molecule has 0 amide bonds. The van der Waals surface area contributed by atoms with Gasteiger partial charge in [-0.15, -0.1) is 0 Å². The third kappa shape index (κ3) is 6.49. The molecule has 0 aliphatic carbocycles. The maximum absolute atomic E-state index is 10.9. The van der Waals surface area contributed by atoms with E-state index in [9.17, 15) is 9.59 Å². The van der Waals surface area contributed by atoms with Gasteiger partial charge in [0.2, 0.25) is 0 Å². The Bertz CT molecular complexity index is 245. The lowest BCUT2D eigenvalue weighted by Crippen LogP contribution is -2.23. The molecule has 0 saturated carbocycles. The average molecular weight is 212 g/mol. The zero-order chi connectivity index (χ0) is 11.7. The first-order valence-electron chi connectivity index (χ1n) is 4.76. The minimum Gasteiger partial charge on any atom is -0.459 e. The summed E-state index contributed by atoms with van der Waals surface area (Å²) < 4.78 is 9.75. The summed E-state index contributed by atoms with van der Waals surface area (Å²) in [5.74, 6) is -1.03. The molecule has 0 radical (unpaired) electrons. The highest BCUT2D eigenvalue weighted by atomic mass is 16.6. The zero-order valence-corrected chi connectivity index (χ0v) is 8.90. The van der Waals surface area contributed by atoms with Crippen LogP contribution in [0.15, 0.2) is 25.3 Å². The fraction of sp³-hybridized carbons (Fsp3) is 0.455. The molecule has 4 heteroatoms. The Morgan fingerprint density at radius 2 is 1.87 bits per heavy atom. The van der Waals surface area contributed by atoms with Crippen molar-refractivity contribution >= 4 is 11.9 Å². The lowest BCUT2D eigenvalue weighted by atomic mass is 10.2. The maximum atomic E-state index is 10.9. The van der Waals surface area contributed by atoms with Gasteiger partial charge in [-0.3, -0.25) is 0 Å². The van der Waals surface area contributed by atoms with E-state index in [1.807, 2.05) is 6.92 Å². The van der Waals surface area contributed by atoms with Crippen LogP contribution in [0, 0.1) is 0 Å². The molecule has 15 heavy (non-hydrogen) atoms. The molecule has 0 N–H and O–H groups in total. The predicted molar refractivity (Wildman–Crippen MR) is 56.1 cm³/mol. The summed E-state index contributed by atoms with van der Waals surface area (Å²) in [5.41, 5.74) is 0. The molecule has 0 saturated heterocycles. The number of esters is 2. The van der Waals surface area contributed by atoms with Crippen molar-refractivity contribution in [2.75, 3.05) is 6.61 Å². The van der Waals surface area contributed by atoms with Crippen LogP contribution in [0.5, 0.6) is 0 Å². The molecule has 0 fully saturated rings. The lowest BCUT2D eigenvalue weighted by Gasteiger charge is -2.15. The van der Waals surface area contributed by atoms with E-state index in [2.05, 4.69) is 13.2 Å². The Balaban J connectivity index is 4.02. The highest BCUT2D eigenvalue weighted by molar-refractivity contribution is 5.82. The van der Waals surface area contributed by atoms with Gasteiger partial charge in [-0.1, -0.05) is 26.5 Å². The maximum Gasteiger partial charge on any atom is 0.330 e. The third-order valence-corrected chi connectivity index (χ3v) is 1.64. The molecular weight excluding hydrogens is 196 g/mol. The van der Waals surface area contributed by atoms with Crippen LogP contribution in [0.4, 0.5) is 0 Å². The van der Waals surface area contributed by atoms with Gasteiger partial charge in [0.1, 0.15) is 12.7 Å². The molecule has 0 spiro atoms. The molecule has 0 bridgehead atoms. The van der Waals surface area contributed by atoms with Crippen molar-refractivity contribution in [3.8, 4) is 0 Å². The van der Waals surface area contributed by atoms with E-state index in [0.717, 1.165) is 18.6 Å². The van der Waals surface area contributed by atoms with Crippen LogP contribution in [0.2, 0.25) is 0 Å². The average Bonchev–Trinajstić information content (AvgIpc) is 2.25. The van der Waals surface area contributed by atoms with E-state index in [0.29, 0.717) is 6.42 Å². The van der Waals surface area contributed by atoms with E-state index in [4.69, 9.17) is 9.47 Å². The monoisotopic (exact) mass is 212 g/mol. The summed E-state index contributed by atoms with van der Waals surface area (Å²) in [7, 11) is 0. The van der Waals surface area contributed by atoms with Crippen molar-refractivity contribution in [1.29, 1.82) is 0 Å². The number of hydrogen-bond acceptors (Lipinski definition) is 4. The van der Waals surface area contributed by atoms with E-state index in [1.54, 1.807) is 0 Å². The molecule has 4 nitrogen and oxygen atoms in total. The SMILES string of the molecule is C=CC(=O)OCC(CCC)OC(=O)C=C. The van der Waals surface area contributed by atoms with Crippen molar-refractivity contribution in [2.24, 2.45) is 0 Å². The molecule has 0 rings (SSSR count). The van der Waals surface area contributed by atoms with Gasteiger partial charge in [0.15, 0.2) is 0 Å². The largest absolute Gasteiger partial charge is 0.459 e. The van der Waals surface area contributed by atoms with Crippen LogP contribution < -0.4 is 0 Å². The van der Waals surface area contributed by atoms with Gasteiger partial charge in [0.05, 0.1) is 0 Å². The fourth-order valence-electron chi connectivity index (χ4n) is 0.945. The Kier molecular flexibility index (Phi) is 6.97. The summed E-state index contributed by atoms with van der Waals surface area (Å²) in [5, 5.41) is 0. The van der Waals surface area contributed by atoms with Crippen LogP contribution in [0.3, 0.4) is 0 Å². The standard InChI is InChI=1S/C11H16O4/c1-4-7-9(15-11(13)6-3)8-14-10(12)5-2/h5-6,9H,2-4,7-8H2,1H3. The molecule has 1 atom stereocenters. The highest BCUT2D eigenvalue weighted by Gasteiger charge is 2.13. The summed E-state index contributed by atoms with van der Waals surface area (Å²) in [6.45, 7) is 8.55. The number of carbonyl (C=O) groups is 2. The molecular formula is C11H16O4. The predicted octanol–water partition coefficient (Wildman–Crippen LogP) is 1.61. The number of hydrogen-bond donors (Lipinski definition) is 0. The molecule has 1 unspecified atom stereocenters. The normalized spacial score (nSPS) is 11.3. The van der Waals surface area contributed by atoms with Crippen molar-refractivity contribution in [2.45, 2.75) is 25.9 Å². The second-order valence-electron chi connectivity index (χ2n) is 2.89. The summed E-state index contributed by atoms with van der Waals surface area (Å²) >= 11 is 0. The Hall–Kier alpha value is -1.58. The quantitative estimate of drug-likeness (QED) is 0.475. The van der Waals surface area contributed by atoms with Crippen LogP contribution in [0.25, 0.3) is 0 Å². The van der Waals surface area contributed by atoms with Gasteiger partial charge in [0, 0.05) is 12.2 Å². The summed E-state index contributed by atoms with van der Waals surface area (Å²) in [6.07, 6.45) is 3.21. The van der Waals surface area contributed by atoms with E-state index in [-0.39, 0.29) is 6.61 Å². The highest BCUT2D eigenvalue weighted by Crippen LogP contribution is 2.04. The Morgan fingerprint density at radius 1 is 1.27 bits per heavy atom. The first-order chi connectivity index (χ1) is 7.13. The zero-order valence-electron chi connectivity index (χ0n) is 8.90. The third-order valence-electron chi connectivity index (χ3n) is 1.64. The van der Waals surface area contributed by atoms with Crippen molar-refractivity contribution in [1.82, 2.24) is 0 Å². The first kappa shape index (κ1) is 13.4. The van der Waals surface area contributed by atoms with Gasteiger partial charge in [-0.05, 0) is 6.42 Å². The molecule has 0 aliphatic rings. The molecule has 84 valence electrons. The molecule has 0 aromatic heterocycles. The molecule has 0 aliphatic heterocycles. The first-order valence-corrected chi connectivity index (χ1v) is 4.76. The minimum absolute atomic E-state index is 0.0538. The minimum atomic E-state index is -0.522. The number of ether oxygens (including phenoxy) is 2. The van der Waals surface area contributed by atoms with Gasteiger partial charge in [-0.2, -0.15) is 0 Å². The Labute approximate surface area is 89.6 Å². The second-order valence-corrected chi connectivity index (χ2v) is 2.89. The molecule has 0 heterocycles. The Morgan fingerprint density at radius 3 is 2.33 bits per heavy atom. The van der Waals surface area contributed by atoms with Crippen LogP contribution in [0.1, 0.15) is 19.8 Å². The van der Waals surface area contributed by atoms with E-state index in [1.165, 1.54) is 0 Å². The van der Waals surface area contributed by atoms with Gasteiger partial charge < -0.3 is 9.47 Å².